The van der Waals surface area contributed by atoms with Crippen LogP contribution in [-0.4, -0.2) is 47.1 Å². The van der Waals surface area contributed by atoms with Crippen LogP contribution in [0, 0.1) is 0 Å². The summed E-state index contributed by atoms with van der Waals surface area (Å²) in [7, 11) is 0. The summed E-state index contributed by atoms with van der Waals surface area (Å²) in [6.45, 7) is -1.27. The van der Waals surface area contributed by atoms with E-state index in [2.05, 4.69) is 4.74 Å². The first kappa shape index (κ1) is 15.6. The summed E-state index contributed by atoms with van der Waals surface area (Å²) in [4.78, 5) is 26.8. The van der Waals surface area contributed by atoms with E-state index in [1.54, 1.807) is 11.0 Å². The van der Waals surface area contributed by atoms with Gasteiger partial charge in [0.05, 0.1) is 6.54 Å². The lowest BCUT2D eigenvalue weighted by Gasteiger charge is -2.17. The fraction of sp³-hybridized carbons (Fsp3) is 0.467. The van der Waals surface area contributed by atoms with E-state index in [-0.39, 0.29) is 36.8 Å². The lowest BCUT2D eigenvalue weighted by molar-refractivity contribution is -0.153. The standard InChI is InChI=1S/C15H15F3N2O3/c16-15(17,18)9-23-12-3-1-2-10(6-12)7-20-13(21)8-19(14(20)22)11-4-5-11/h1-3,6,11H,4-5,7-9H2. The summed E-state index contributed by atoms with van der Waals surface area (Å²) in [5.41, 5.74) is 0.545. The molecule has 23 heavy (non-hydrogen) atoms. The number of rotatable bonds is 5. The number of imide groups is 1. The molecule has 5 nitrogen and oxygen atoms in total. The summed E-state index contributed by atoms with van der Waals surface area (Å²) < 4.78 is 41.2. The monoisotopic (exact) mass is 328 g/mol. The smallest absolute Gasteiger partial charge is 0.422 e. The van der Waals surface area contributed by atoms with Crippen molar-refractivity contribution >= 4 is 11.9 Å². The number of nitrogens with zero attached hydrogens (tertiary/aromatic N) is 2. The van der Waals surface area contributed by atoms with Crippen LogP contribution in [0.4, 0.5) is 18.0 Å². The molecule has 3 rings (SSSR count). The number of alkyl halides is 3. The van der Waals surface area contributed by atoms with Gasteiger partial charge in [-0.25, -0.2) is 4.79 Å². The first-order valence-electron chi connectivity index (χ1n) is 7.23. The Balaban J connectivity index is 1.65. The van der Waals surface area contributed by atoms with Gasteiger partial charge >= 0.3 is 12.2 Å². The Hall–Kier alpha value is -2.25. The Morgan fingerprint density at radius 2 is 1.96 bits per heavy atom. The molecule has 0 aromatic heterocycles. The van der Waals surface area contributed by atoms with Crippen LogP contribution in [0.25, 0.3) is 0 Å². The second-order valence-electron chi connectivity index (χ2n) is 5.67. The number of carbonyl (C=O) groups is 2. The summed E-state index contributed by atoms with van der Waals surface area (Å²) in [5, 5.41) is 0. The molecule has 0 unspecified atom stereocenters. The van der Waals surface area contributed by atoms with Crippen LogP contribution in [0.15, 0.2) is 24.3 Å². The van der Waals surface area contributed by atoms with Gasteiger partial charge in [0.1, 0.15) is 12.3 Å². The van der Waals surface area contributed by atoms with Crippen molar-refractivity contribution in [2.75, 3.05) is 13.2 Å². The van der Waals surface area contributed by atoms with Gasteiger partial charge < -0.3 is 9.64 Å². The van der Waals surface area contributed by atoms with E-state index in [9.17, 15) is 22.8 Å². The minimum absolute atomic E-state index is 0.0318. The lowest BCUT2D eigenvalue weighted by Crippen LogP contribution is -2.33. The first-order valence-corrected chi connectivity index (χ1v) is 7.23. The molecule has 1 aromatic rings. The van der Waals surface area contributed by atoms with Gasteiger partial charge in [-0.15, -0.1) is 0 Å². The predicted octanol–water partition coefficient (Wildman–Crippen LogP) is 2.55. The second kappa shape index (κ2) is 5.75. The first-order chi connectivity index (χ1) is 10.8. The predicted molar refractivity (Wildman–Crippen MR) is 73.7 cm³/mol. The van der Waals surface area contributed by atoms with Gasteiger partial charge in [0.2, 0.25) is 0 Å². The van der Waals surface area contributed by atoms with Crippen molar-refractivity contribution in [3.8, 4) is 5.75 Å². The van der Waals surface area contributed by atoms with Crippen LogP contribution in [0.1, 0.15) is 18.4 Å². The number of amides is 3. The van der Waals surface area contributed by atoms with Crippen LogP contribution in [0.3, 0.4) is 0 Å². The Morgan fingerprint density at radius 1 is 1.22 bits per heavy atom. The van der Waals surface area contributed by atoms with Crippen molar-refractivity contribution in [3.63, 3.8) is 0 Å². The van der Waals surface area contributed by atoms with Crippen molar-refractivity contribution in [2.24, 2.45) is 0 Å². The van der Waals surface area contributed by atoms with E-state index in [0.29, 0.717) is 5.56 Å². The van der Waals surface area contributed by atoms with Gasteiger partial charge in [-0.05, 0) is 30.5 Å². The third-order valence-corrected chi connectivity index (χ3v) is 3.71. The number of benzene rings is 1. The van der Waals surface area contributed by atoms with Crippen molar-refractivity contribution < 1.29 is 27.5 Å². The number of urea groups is 1. The molecule has 0 spiro atoms. The van der Waals surface area contributed by atoms with Gasteiger partial charge in [0, 0.05) is 6.04 Å². The fourth-order valence-corrected chi connectivity index (χ4v) is 2.47. The maximum Gasteiger partial charge on any atom is 0.422 e. The van der Waals surface area contributed by atoms with Crippen molar-refractivity contribution in [1.29, 1.82) is 0 Å². The zero-order valence-corrected chi connectivity index (χ0v) is 12.2. The molecular weight excluding hydrogens is 313 g/mol. The molecule has 0 N–H and O–H groups in total. The molecule has 3 amide bonds. The minimum Gasteiger partial charge on any atom is -0.484 e. The van der Waals surface area contributed by atoms with Gasteiger partial charge in [-0.1, -0.05) is 12.1 Å². The Kier molecular flexibility index (Phi) is 3.91. The van der Waals surface area contributed by atoms with Crippen LogP contribution in [0.5, 0.6) is 5.75 Å². The number of carbonyl (C=O) groups excluding carboxylic acids is 2. The highest BCUT2D eigenvalue weighted by Gasteiger charge is 2.43. The topological polar surface area (TPSA) is 49.9 Å². The fourth-order valence-electron chi connectivity index (χ4n) is 2.47. The lowest BCUT2D eigenvalue weighted by atomic mass is 10.2. The van der Waals surface area contributed by atoms with Gasteiger partial charge in [-0.2, -0.15) is 13.2 Å². The molecular formula is C15H15F3N2O3. The third kappa shape index (κ3) is 3.75. The van der Waals surface area contributed by atoms with E-state index in [1.165, 1.54) is 18.2 Å². The van der Waals surface area contributed by atoms with E-state index in [0.717, 1.165) is 17.7 Å². The zero-order valence-electron chi connectivity index (χ0n) is 12.2. The zero-order chi connectivity index (χ0) is 16.6. The molecule has 1 aliphatic heterocycles. The van der Waals surface area contributed by atoms with E-state index < -0.39 is 12.8 Å². The van der Waals surface area contributed by atoms with Crippen LogP contribution in [-0.2, 0) is 11.3 Å². The molecule has 1 saturated heterocycles. The number of ether oxygens (including phenoxy) is 1. The van der Waals surface area contributed by atoms with Crippen molar-refractivity contribution in [2.45, 2.75) is 31.6 Å². The number of hydrogen-bond donors (Lipinski definition) is 0. The van der Waals surface area contributed by atoms with Crippen LogP contribution in [0.2, 0.25) is 0 Å². The number of hydrogen-bond acceptors (Lipinski definition) is 3. The molecule has 0 bridgehead atoms. The summed E-state index contributed by atoms with van der Waals surface area (Å²) in [6, 6.07) is 5.80. The average Bonchev–Trinajstić information content (AvgIpc) is 3.28. The Labute approximate surface area is 130 Å². The van der Waals surface area contributed by atoms with E-state index in [1.807, 2.05) is 0 Å². The van der Waals surface area contributed by atoms with Gasteiger partial charge in [0.15, 0.2) is 6.61 Å². The molecule has 1 aromatic carbocycles. The average molecular weight is 328 g/mol. The second-order valence-corrected chi connectivity index (χ2v) is 5.67. The van der Waals surface area contributed by atoms with Gasteiger partial charge in [0.25, 0.3) is 5.91 Å². The van der Waals surface area contributed by atoms with E-state index in [4.69, 9.17) is 0 Å². The van der Waals surface area contributed by atoms with Crippen molar-refractivity contribution in [1.82, 2.24) is 9.80 Å². The largest absolute Gasteiger partial charge is 0.484 e. The molecule has 1 aliphatic carbocycles. The molecule has 0 atom stereocenters. The molecule has 1 saturated carbocycles. The summed E-state index contributed by atoms with van der Waals surface area (Å²) in [6.07, 6.45) is -2.59. The SMILES string of the molecule is O=C1CN(C2CC2)C(=O)N1Cc1cccc(OCC(F)(F)F)c1. The van der Waals surface area contributed by atoms with Crippen molar-refractivity contribution in [3.05, 3.63) is 29.8 Å². The highest BCUT2D eigenvalue weighted by Crippen LogP contribution is 2.31. The molecule has 2 aliphatic rings. The molecule has 124 valence electrons. The van der Waals surface area contributed by atoms with Gasteiger partial charge in [-0.3, -0.25) is 9.69 Å². The Bertz CT molecular complexity index is 629. The van der Waals surface area contributed by atoms with Crippen LogP contribution >= 0.6 is 0 Å². The van der Waals surface area contributed by atoms with Crippen LogP contribution < -0.4 is 4.74 Å². The summed E-state index contributed by atoms with van der Waals surface area (Å²) in [5.74, 6) is -0.235. The third-order valence-electron chi connectivity index (χ3n) is 3.71. The maximum absolute atomic E-state index is 12.2. The highest BCUT2D eigenvalue weighted by molar-refractivity contribution is 6.02. The maximum atomic E-state index is 12.2. The Morgan fingerprint density at radius 3 is 2.61 bits per heavy atom. The van der Waals surface area contributed by atoms with E-state index >= 15 is 0 Å². The molecule has 0 radical (unpaired) electrons. The number of halogens is 3. The minimum atomic E-state index is -4.42. The quantitative estimate of drug-likeness (QED) is 0.781. The molecule has 8 heteroatoms. The summed E-state index contributed by atoms with van der Waals surface area (Å²) >= 11 is 0. The normalized spacial score (nSPS) is 18.7. The molecule has 1 heterocycles. The highest BCUT2D eigenvalue weighted by atomic mass is 19.4. The molecule has 2 fully saturated rings.